The molecule has 53 heavy (non-hydrogen) atoms. The summed E-state index contributed by atoms with van der Waals surface area (Å²) in [6, 6.07) is 20.8. The van der Waals surface area contributed by atoms with Crippen LogP contribution >= 0.6 is 0 Å². The summed E-state index contributed by atoms with van der Waals surface area (Å²) < 4.78 is 36.8. The third-order valence-electron chi connectivity index (χ3n) is 9.84. The minimum atomic E-state index is -0.795. The van der Waals surface area contributed by atoms with Crippen molar-refractivity contribution in [1.82, 2.24) is 34.8 Å². The van der Waals surface area contributed by atoms with Crippen LogP contribution in [0.15, 0.2) is 91.8 Å². The normalized spacial score (nSPS) is 15.9. The lowest BCUT2D eigenvalue weighted by molar-refractivity contribution is 0.264. The largest absolute Gasteiger partial charge is 0.491 e. The lowest BCUT2D eigenvalue weighted by atomic mass is 9.84. The summed E-state index contributed by atoms with van der Waals surface area (Å²) >= 11 is 0. The van der Waals surface area contributed by atoms with Crippen LogP contribution in [0.2, 0.25) is 0 Å². The van der Waals surface area contributed by atoms with E-state index < -0.39 is 22.9 Å². The van der Waals surface area contributed by atoms with E-state index in [2.05, 4.69) is 43.7 Å². The average molecular weight is 719 g/mol. The Morgan fingerprint density at radius 1 is 0.925 bits per heavy atom. The van der Waals surface area contributed by atoms with E-state index in [1.807, 2.05) is 47.2 Å². The molecule has 1 atom stereocenters. The molecule has 274 valence electrons. The van der Waals surface area contributed by atoms with Crippen LogP contribution in [0.1, 0.15) is 48.9 Å². The summed E-state index contributed by atoms with van der Waals surface area (Å²) in [5.41, 5.74) is 11.2. The van der Waals surface area contributed by atoms with Gasteiger partial charge in [-0.2, -0.15) is 0 Å². The number of anilines is 2. The number of nitrogens with two attached hydrogens (primary N) is 1. The van der Waals surface area contributed by atoms with Crippen molar-refractivity contribution in [2.24, 2.45) is 5.73 Å². The van der Waals surface area contributed by atoms with Gasteiger partial charge < -0.3 is 30.6 Å². The molecule has 1 fully saturated rings. The van der Waals surface area contributed by atoms with Gasteiger partial charge >= 0.3 is 0 Å². The fourth-order valence-electron chi connectivity index (χ4n) is 7.14. The maximum atomic E-state index is 14.9. The van der Waals surface area contributed by atoms with E-state index in [4.69, 9.17) is 25.4 Å². The SMILES string of the molecule is COc1c(F)cc(-c2cc(Cn3cnc4c(NCCCCCN)ncnc43)c(N3CCC[C@@](NCc4ccccc4)(c4ccccn4)C3)cn2)cc1F. The number of aromatic nitrogens is 6. The van der Waals surface area contributed by atoms with Crippen LogP contribution in [0, 0.1) is 11.6 Å². The molecule has 4 aromatic heterocycles. The Bertz CT molecular complexity index is 2110. The van der Waals surface area contributed by atoms with Gasteiger partial charge in [-0.3, -0.25) is 9.97 Å². The van der Waals surface area contributed by atoms with Crippen LogP contribution in [0.3, 0.4) is 0 Å². The number of ether oxygens (including phenoxy) is 1. The molecule has 6 aromatic rings. The van der Waals surface area contributed by atoms with Crippen molar-refractivity contribution < 1.29 is 13.5 Å². The minimum Gasteiger partial charge on any atom is -0.491 e. The number of nitrogens with one attached hydrogen (secondary N) is 2. The van der Waals surface area contributed by atoms with Gasteiger partial charge in [0.25, 0.3) is 0 Å². The molecule has 4 N–H and O–H groups in total. The van der Waals surface area contributed by atoms with Crippen molar-refractivity contribution in [2.75, 3.05) is 43.5 Å². The van der Waals surface area contributed by atoms with Crippen LogP contribution < -0.4 is 26.0 Å². The lowest BCUT2D eigenvalue weighted by Gasteiger charge is -2.44. The van der Waals surface area contributed by atoms with Gasteiger partial charge in [-0.15, -0.1) is 0 Å². The number of imidazole rings is 1. The smallest absolute Gasteiger partial charge is 0.190 e. The topological polar surface area (TPSA) is 132 Å². The number of methoxy groups -OCH3 is 1. The fraction of sp³-hybridized carbons (Fsp3) is 0.325. The highest BCUT2D eigenvalue weighted by atomic mass is 19.1. The number of pyridine rings is 2. The van der Waals surface area contributed by atoms with Gasteiger partial charge in [0.05, 0.1) is 48.8 Å². The van der Waals surface area contributed by atoms with E-state index in [9.17, 15) is 8.78 Å². The molecule has 1 aliphatic heterocycles. The highest BCUT2D eigenvalue weighted by Gasteiger charge is 2.39. The minimum absolute atomic E-state index is 0.304. The predicted molar refractivity (Wildman–Crippen MR) is 203 cm³/mol. The highest BCUT2D eigenvalue weighted by Crippen LogP contribution is 2.37. The summed E-state index contributed by atoms with van der Waals surface area (Å²) in [6.07, 6.45) is 11.7. The number of benzene rings is 2. The number of hydrogen-bond donors (Lipinski definition) is 3. The first-order valence-electron chi connectivity index (χ1n) is 18.1. The number of halogens is 2. The molecular weight excluding hydrogens is 675 g/mol. The molecule has 0 saturated carbocycles. The van der Waals surface area contributed by atoms with E-state index in [1.165, 1.54) is 31.1 Å². The van der Waals surface area contributed by atoms with Gasteiger partial charge in [0.2, 0.25) is 0 Å². The maximum Gasteiger partial charge on any atom is 0.190 e. The third kappa shape index (κ3) is 7.96. The zero-order chi connectivity index (χ0) is 36.6. The standard InChI is InChI=1S/C40H44F2N10O/c1-53-37-31(41)19-29(20-32(37)42)33-21-30(24-52-27-49-36-38(47-26-48-39(36)52)45-17-8-3-7-15-43)34(23-46-33)51-18-10-14-40(25-51,35-13-6-9-16-44-35)50-22-28-11-4-2-5-12-28/h2,4-6,9,11-13,16,19-21,23,26-27,50H,3,7-8,10,14-15,17-18,22,24-25,43H2,1H3,(H,45,47,48)/t40-/m0/s1. The molecule has 7 rings (SSSR count). The number of hydrogen-bond acceptors (Lipinski definition) is 10. The van der Waals surface area contributed by atoms with Crippen molar-refractivity contribution in [3.05, 3.63) is 120 Å². The Hall–Kier alpha value is -5.53. The van der Waals surface area contributed by atoms with Crippen molar-refractivity contribution in [2.45, 2.75) is 50.7 Å². The van der Waals surface area contributed by atoms with Gasteiger partial charge in [-0.25, -0.2) is 23.7 Å². The zero-order valence-electron chi connectivity index (χ0n) is 29.8. The molecule has 1 aliphatic rings. The van der Waals surface area contributed by atoms with Crippen LogP contribution in [-0.2, 0) is 18.6 Å². The molecule has 0 spiro atoms. The number of rotatable bonds is 15. The van der Waals surface area contributed by atoms with Gasteiger partial charge in [-0.1, -0.05) is 42.8 Å². The van der Waals surface area contributed by atoms with Crippen LogP contribution in [0.25, 0.3) is 22.4 Å². The highest BCUT2D eigenvalue weighted by molar-refractivity contribution is 5.82. The van der Waals surface area contributed by atoms with Gasteiger partial charge in [0, 0.05) is 37.9 Å². The van der Waals surface area contributed by atoms with Crippen molar-refractivity contribution in [3.63, 3.8) is 0 Å². The molecule has 0 unspecified atom stereocenters. The van der Waals surface area contributed by atoms with Crippen molar-refractivity contribution in [3.8, 4) is 17.0 Å². The number of fused-ring (bicyclic) bond motifs is 1. The molecule has 0 bridgehead atoms. The number of piperidine rings is 1. The van der Waals surface area contributed by atoms with Crippen molar-refractivity contribution in [1.29, 1.82) is 0 Å². The summed E-state index contributed by atoms with van der Waals surface area (Å²) in [7, 11) is 1.24. The summed E-state index contributed by atoms with van der Waals surface area (Å²) in [6.45, 7) is 3.88. The fourth-order valence-corrected chi connectivity index (χ4v) is 7.14. The Balaban J connectivity index is 1.26. The van der Waals surface area contributed by atoms with E-state index in [0.717, 1.165) is 62.1 Å². The van der Waals surface area contributed by atoms with Crippen molar-refractivity contribution >= 4 is 22.7 Å². The van der Waals surface area contributed by atoms with E-state index in [-0.39, 0.29) is 0 Å². The summed E-state index contributed by atoms with van der Waals surface area (Å²) in [4.78, 5) is 25.7. The molecule has 2 aromatic carbocycles. The quantitative estimate of drug-likeness (QED) is 0.102. The zero-order valence-corrected chi connectivity index (χ0v) is 29.8. The number of unbranched alkanes of at least 4 members (excludes halogenated alkanes) is 2. The van der Waals surface area contributed by atoms with Gasteiger partial charge in [-0.05, 0) is 73.7 Å². The molecule has 0 aliphatic carbocycles. The Morgan fingerprint density at radius 3 is 2.53 bits per heavy atom. The average Bonchev–Trinajstić information content (AvgIpc) is 3.61. The monoisotopic (exact) mass is 718 g/mol. The third-order valence-corrected chi connectivity index (χ3v) is 9.84. The van der Waals surface area contributed by atoms with E-state index >= 15 is 0 Å². The van der Waals surface area contributed by atoms with Crippen LogP contribution in [-0.4, -0.2) is 62.8 Å². The Labute approximate surface area is 307 Å². The molecule has 5 heterocycles. The first kappa shape index (κ1) is 35.9. The second-order valence-corrected chi connectivity index (χ2v) is 13.4. The Morgan fingerprint density at radius 2 is 1.75 bits per heavy atom. The second kappa shape index (κ2) is 16.4. The molecule has 0 amide bonds. The molecular formula is C40H44F2N10O. The van der Waals surface area contributed by atoms with Crippen LogP contribution in [0.4, 0.5) is 20.3 Å². The van der Waals surface area contributed by atoms with E-state index in [0.29, 0.717) is 54.4 Å². The van der Waals surface area contributed by atoms with Crippen LogP contribution in [0.5, 0.6) is 5.75 Å². The molecule has 1 saturated heterocycles. The van der Waals surface area contributed by atoms with E-state index in [1.54, 1.807) is 12.5 Å². The Kier molecular flexibility index (Phi) is 11.1. The maximum absolute atomic E-state index is 14.9. The lowest BCUT2D eigenvalue weighted by Crippen LogP contribution is -2.55. The first-order chi connectivity index (χ1) is 26.0. The predicted octanol–water partition coefficient (Wildman–Crippen LogP) is 6.44. The van der Waals surface area contributed by atoms with Gasteiger partial charge in [0.1, 0.15) is 11.8 Å². The summed E-state index contributed by atoms with van der Waals surface area (Å²) in [5.74, 6) is -1.35. The molecule has 0 radical (unpaired) electrons. The second-order valence-electron chi connectivity index (χ2n) is 13.4. The summed E-state index contributed by atoms with van der Waals surface area (Å²) in [5, 5.41) is 7.29. The first-order valence-corrected chi connectivity index (χ1v) is 18.1. The number of nitrogens with zero attached hydrogens (tertiary/aromatic N) is 7. The molecule has 13 heteroatoms. The van der Waals surface area contributed by atoms with Gasteiger partial charge in [0.15, 0.2) is 28.8 Å². The molecule has 11 nitrogen and oxygen atoms in total.